The summed E-state index contributed by atoms with van der Waals surface area (Å²) < 4.78 is 5.60. The highest BCUT2D eigenvalue weighted by Crippen LogP contribution is 2.29. The number of nitrogens with zero attached hydrogens (tertiary/aromatic N) is 1. The first-order chi connectivity index (χ1) is 7.03. The molecule has 0 radical (unpaired) electrons. The molecule has 0 aromatic heterocycles. The maximum atomic E-state index is 5.83. The molecule has 0 saturated carbocycles. The first kappa shape index (κ1) is 12.9. The highest BCUT2D eigenvalue weighted by molar-refractivity contribution is 4.90. The van der Waals surface area contributed by atoms with Gasteiger partial charge in [-0.15, -0.1) is 0 Å². The Kier molecular flexibility index (Phi) is 4.56. The number of methoxy groups -OCH3 is 1. The normalized spacial score (nSPS) is 28.0. The van der Waals surface area contributed by atoms with Crippen LogP contribution in [0.4, 0.5) is 0 Å². The summed E-state index contributed by atoms with van der Waals surface area (Å²) in [7, 11) is 1.78. The van der Waals surface area contributed by atoms with Crippen molar-refractivity contribution in [3.8, 4) is 0 Å². The molecule has 90 valence electrons. The number of piperidine rings is 1. The van der Waals surface area contributed by atoms with E-state index < -0.39 is 0 Å². The zero-order valence-corrected chi connectivity index (χ0v) is 10.6. The van der Waals surface area contributed by atoms with Gasteiger partial charge in [-0.25, -0.2) is 0 Å². The summed E-state index contributed by atoms with van der Waals surface area (Å²) in [6, 6.07) is 0.631. The third-order valence-electron chi connectivity index (χ3n) is 3.92. The lowest BCUT2D eigenvalue weighted by Gasteiger charge is -2.43. The molecule has 0 bridgehead atoms. The van der Waals surface area contributed by atoms with Crippen molar-refractivity contribution >= 4 is 0 Å². The number of nitrogens with two attached hydrogens (primary N) is 1. The van der Waals surface area contributed by atoms with E-state index >= 15 is 0 Å². The third-order valence-corrected chi connectivity index (χ3v) is 3.92. The number of ether oxygens (including phenoxy) is 1. The number of hydrogen-bond acceptors (Lipinski definition) is 3. The molecule has 1 heterocycles. The van der Waals surface area contributed by atoms with E-state index in [2.05, 4.69) is 25.7 Å². The minimum absolute atomic E-state index is 0.145. The molecule has 1 aliphatic heterocycles. The van der Waals surface area contributed by atoms with Crippen LogP contribution in [0.15, 0.2) is 0 Å². The Hall–Kier alpha value is -0.120. The van der Waals surface area contributed by atoms with Crippen LogP contribution in [0.5, 0.6) is 0 Å². The van der Waals surface area contributed by atoms with Gasteiger partial charge in [-0.1, -0.05) is 0 Å². The fourth-order valence-electron chi connectivity index (χ4n) is 2.39. The molecular formula is C12H26N2O. The van der Waals surface area contributed by atoms with Gasteiger partial charge in [-0.05, 0) is 40.2 Å². The van der Waals surface area contributed by atoms with Gasteiger partial charge in [0.1, 0.15) is 0 Å². The third kappa shape index (κ3) is 2.92. The lowest BCUT2D eigenvalue weighted by Crippen LogP contribution is -2.52. The second-order valence-corrected chi connectivity index (χ2v) is 5.15. The Balaban J connectivity index is 2.62. The van der Waals surface area contributed by atoms with E-state index in [0.717, 1.165) is 6.54 Å². The standard InChI is InChI=1S/C12H26N2O/c1-10(2)14-7-5-6-11(8-14)12(3,9-13)15-4/h10-11H,5-9,13H2,1-4H3. The van der Waals surface area contributed by atoms with Crippen molar-refractivity contribution in [2.45, 2.75) is 45.3 Å². The van der Waals surface area contributed by atoms with Crippen molar-refractivity contribution < 1.29 is 4.74 Å². The number of likely N-dealkylation sites (tertiary alicyclic amines) is 1. The van der Waals surface area contributed by atoms with Gasteiger partial charge in [-0.2, -0.15) is 0 Å². The van der Waals surface area contributed by atoms with E-state index in [4.69, 9.17) is 10.5 Å². The fraction of sp³-hybridized carbons (Fsp3) is 1.00. The molecular weight excluding hydrogens is 188 g/mol. The molecule has 3 nitrogen and oxygen atoms in total. The van der Waals surface area contributed by atoms with Crippen LogP contribution in [0.2, 0.25) is 0 Å². The molecule has 1 fully saturated rings. The maximum absolute atomic E-state index is 5.83. The van der Waals surface area contributed by atoms with E-state index in [-0.39, 0.29) is 5.60 Å². The van der Waals surface area contributed by atoms with Gasteiger partial charge in [0.05, 0.1) is 5.60 Å². The summed E-state index contributed by atoms with van der Waals surface area (Å²) in [5, 5.41) is 0. The Labute approximate surface area is 94.0 Å². The van der Waals surface area contributed by atoms with Crippen LogP contribution in [0.25, 0.3) is 0 Å². The average Bonchev–Trinajstić information content (AvgIpc) is 2.28. The smallest absolute Gasteiger partial charge is 0.0812 e. The Morgan fingerprint density at radius 1 is 1.53 bits per heavy atom. The largest absolute Gasteiger partial charge is 0.377 e. The van der Waals surface area contributed by atoms with Crippen LogP contribution in [0.1, 0.15) is 33.6 Å². The van der Waals surface area contributed by atoms with Gasteiger partial charge >= 0.3 is 0 Å². The molecule has 2 atom stereocenters. The second kappa shape index (κ2) is 5.28. The summed E-state index contributed by atoms with van der Waals surface area (Å²) in [4.78, 5) is 2.53. The van der Waals surface area contributed by atoms with Crippen LogP contribution in [0.3, 0.4) is 0 Å². The molecule has 0 amide bonds. The van der Waals surface area contributed by atoms with Crippen LogP contribution in [-0.2, 0) is 4.74 Å². The van der Waals surface area contributed by atoms with Gasteiger partial charge in [0.25, 0.3) is 0 Å². The van der Waals surface area contributed by atoms with Crippen molar-refractivity contribution in [1.29, 1.82) is 0 Å². The molecule has 2 N–H and O–H groups in total. The summed E-state index contributed by atoms with van der Waals surface area (Å²) in [6.45, 7) is 9.61. The highest BCUT2D eigenvalue weighted by atomic mass is 16.5. The maximum Gasteiger partial charge on any atom is 0.0812 e. The lowest BCUT2D eigenvalue weighted by atomic mass is 9.82. The molecule has 1 rings (SSSR count). The first-order valence-electron chi connectivity index (χ1n) is 6.02. The topological polar surface area (TPSA) is 38.5 Å². The Morgan fingerprint density at radius 3 is 2.67 bits per heavy atom. The molecule has 3 heteroatoms. The molecule has 0 aromatic rings. The molecule has 1 aliphatic rings. The van der Waals surface area contributed by atoms with E-state index in [0.29, 0.717) is 18.5 Å². The molecule has 15 heavy (non-hydrogen) atoms. The lowest BCUT2D eigenvalue weighted by molar-refractivity contribution is -0.0630. The van der Waals surface area contributed by atoms with Crippen molar-refractivity contribution in [3.05, 3.63) is 0 Å². The Bertz CT molecular complexity index is 190. The van der Waals surface area contributed by atoms with Crippen molar-refractivity contribution in [2.75, 3.05) is 26.7 Å². The van der Waals surface area contributed by atoms with Gasteiger partial charge in [0, 0.05) is 32.2 Å². The number of rotatable bonds is 4. The second-order valence-electron chi connectivity index (χ2n) is 5.15. The van der Waals surface area contributed by atoms with Crippen LogP contribution < -0.4 is 5.73 Å². The summed E-state index contributed by atoms with van der Waals surface area (Å²) >= 11 is 0. The quantitative estimate of drug-likeness (QED) is 0.770. The summed E-state index contributed by atoms with van der Waals surface area (Å²) in [5.41, 5.74) is 5.68. The first-order valence-corrected chi connectivity index (χ1v) is 6.02. The summed E-state index contributed by atoms with van der Waals surface area (Å²) in [6.07, 6.45) is 2.51. The van der Waals surface area contributed by atoms with Crippen LogP contribution in [0, 0.1) is 5.92 Å². The molecule has 0 aliphatic carbocycles. The van der Waals surface area contributed by atoms with Crippen molar-refractivity contribution in [1.82, 2.24) is 4.90 Å². The van der Waals surface area contributed by atoms with E-state index in [9.17, 15) is 0 Å². The van der Waals surface area contributed by atoms with Crippen LogP contribution in [-0.4, -0.2) is 43.3 Å². The molecule has 0 spiro atoms. The van der Waals surface area contributed by atoms with E-state index in [1.807, 2.05) is 0 Å². The monoisotopic (exact) mass is 214 g/mol. The van der Waals surface area contributed by atoms with Gasteiger partial charge < -0.3 is 15.4 Å². The zero-order chi connectivity index (χ0) is 11.5. The van der Waals surface area contributed by atoms with Gasteiger partial charge in [0.15, 0.2) is 0 Å². The Morgan fingerprint density at radius 2 is 2.20 bits per heavy atom. The predicted molar refractivity (Wildman–Crippen MR) is 63.9 cm³/mol. The van der Waals surface area contributed by atoms with Crippen LogP contribution >= 0.6 is 0 Å². The molecule has 1 saturated heterocycles. The zero-order valence-electron chi connectivity index (χ0n) is 10.6. The minimum Gasteiger partial charge on any atom is -0.377 e. The molecule has 2 unspecified atom stereocenters. The SMILES string of the molecule is COC(C)(CN)C1CCCN(C(C)C)C1. The van der Waals surface area contributed by atoms with Crippen molar-refractivity contribution in [3.63, 3.8) is 0 Å². The number of hydrogen-bond donors (Lipinski definition) is 1. The van der Waals surface area contributed by atoms with Crippen molar-refractivity contribution in [2.24, 2.45) is 11.7 Å². The fourth-order valence-corrected chi connectivity index (χ4v) is 2.39. The minimum atomic E-state index is -0.145. The highest BCUT2D eigenvalue weighted by Gasteiger charge is 2.36. The predicted octanol–water partition coefficient (Wildman–Crippen LogP) is 1.47. The average molecular weight is 214 g/mol. The summed E-state index contributed by atoms with van der Waals surface area (Å²) in [5.74, 6) is 0.573. The van der Waals surface area contributed by atoms with E-state index in [1.54, 1.807) is 7.11 Å². The van der Waals surface area contributed by atoms with Gasteiger partial charge in [0.2, 0.25) is 0 Å². The van der Waals surface area contributed by atoms with Gasteiger partial charge in [-0.3, -0.25) is 0 Å². The molecule has 0 aromatic carbocycles. The van der Waals surface area contributed by atoms with E-state index in [1.165, 1.54) is 19.4 Å².